The first-order valence-corrected chi connectivity index (χ1v) is 13.3. The van der Waals surface area contributed by atoms with E-state index in [1.165, 1.54) is 0 Å². The van der Waals surface area contributed by atoms with Gasteiger partial charge in [-0.15, -0.1) is 0 Å². The number of rotatable bonds is 5. The fourth-order valence-corrected chi connectivity index (χ4v) is 7.99. The van der Waals surface area contributed by atoms with Crippen molar-refractivity contribution >= 4 is 26.1 Å². The molecule has 0 aliphatic rings. The number of hydrogen-bond donors (Lipinski definition) is 0. The van der Waals surface area contributed by atoms with Gasteiger partial charge >= 0.3 is 9.45 Å². The van der Waals surface area contributed by atoms with Gasteiger partial charge in [0.2, 0.25) is 0 Å². The molecule has 0 aliphatic heterocycles. The maximum Gasteiger partial charge on any atom is 0.389 e. The summed E-state index contributed by atoms with van der Waals surface area (Å²) in [6.45, 7) is 13.3. The lowest BCUT2D eigenvalue weighted by Gasteiger charge is -2.33. The fraction of sp³-hybridized carbons (Fsp3) is 1.00. The van der Waals surface area contributed by atoms with E-state index in [1.54, 1.807) is 0 Å². The molecule has 3 nitrogen and oxygen atoms in total. The molecule has 0 heterocycles. The van der Waals surface area contributed by atoms with E-state index in [-0.39, 0.29) is 0 Å². The topological polar surface area (TPSA) is 21.7 Å². The van der Waals surface area contributed by atoms with Gasteiger partial charge in [0.25, 0.3) is 0 Å². The molecule has 86 valence electrons. The zero-order chi connectivity index (χ0) is 11.6. The molecule has 0 amide bonds. The zero-order valence-corrected chi connectivity index (χ0v) is 14.0. The second-order valence-electron chi connectivity index (χ2n) is 5.73. The highest BCUT2D eigenvalue weighted by Crippen LogP contribution is 2.12. The Morgan fingerprint density at radius 3 is 1.21 bits per heavy atom. The molecule has 0 N–H and O–H groups in total. The monoisotopic (exact) mass is 251 g/mol. The average molecular weight is 252 g/mol. The Morgan fingerprint density at radius 1 is 0.786 bits per heavy atom. The Hall–Kier alpha value is 0.531. The summed E-state index contributed by atoms with van der Waals surface area (Å²) in [5.74, 6) is 0. The van der Waals surface area contributed by atoms with Gasteiger partial charge in [0.05, 0.1) is 0 Å². The van der Waals surface area contributed by atoms with Crippen molar-refractivity contribution in [2.24, 2.45) is 0 Å². The largest absolute Gasteiger partial charge is 0.427 e. The maximum absolute atomic E-state index is 6.09. The van der Waals surface area contributed by atoms with E-state index in [9.17, 15) is 0 Å². The molecule has 0 bridgehead atoms. The molecule has 0 aromatic carbocycles. The van der Waals surface area contributed by atoms with Crippen LogP contribution in [0.15, 0.2) is 0 Å². The third kappa shape index (κ3) is 7.89. The van der Waals surface area contributed by atoms with E-state index < -0.39 is 26.1 Å². The third-order valence-corrected chi connectivity index (χ3v) is 9.44. The van der Waals surface area contributed by atoms with Crippen molar-refractivity contribution in [1.82, 2.24) is 4.57 Å². The summed E-state index contributed by atoms with van der Waals surface area (Å²) >= 11 is 0. The average Bonchev–Trinajstić information content (AvgIpc) is 1.78. The van der Waals surface area contributed by atoms with Crippen LogP contribution in [-0.2, 0) is 8.23 Å². The minimum absolute atomic E-state index is 1.47. The van der Waals surface area contributed by atoms with E-state index in [0.717, 1.165) is 0 Å². The first-order valence-electron chi connectivity index (χ1n) is 5.03. The van der Waals surface area contributed by atoms with Crippen LogP contribution in [-0.4, -0.2) is 44.7 Å². The van der Waals surface area contributed by atoms with Crippen LogP contribution in [0.5, 0.6) is 0 Å². The zero-order valence-electron chi connectivity index (χ0n) is 10.8. The molecule has 0 rings (SSSR count). The van der Waals surface area contributed by atoms with E-state index >= 15 is 0 Å². The van der Waals surface area contributed by atoms with Crippen LogP contribution in [0.2, 0.25) is 39.3 Å². The van der Waals surface area contributed by atoms with Gasteiger partial charge in [-0.3, -0.25) is 4.57 Å². The van der Waals surface area contributed by atoms with E-state index in [4.69, 9.17) is 8.23 Å². The minimum atomic E-state index is -1.60. The van der Waals surface area contributed by atoms with E-state index in [2.05, 4.69) is 57.9 Å². The second kappa shape index (κ2) is 5.04. The summed E-state index contributed by atoms with van der Waals surface area (Å²) in [5, 5.41) is 0. The van der Waals surface area contributed by atoms with Crippen molar-refractivity contribution < 1.29 is 8.23 Å². The van der Waals surface area contributed by atoms with Crippen LogP contribution >= 0.6 is 0 Å². The van der Waals surface area contributed by atoms with Crippen LogP contribution in [0.1, 0.15) is 0 Å². The molecule has 0 atom stereocenters. The molecule has 0 spiro atoms. The lowest BCUT2D eigenvalue weighted by atomic mass is 11.3. The Morgan fingerprint density at radius 2 is 1.07 bits per heavy atom. The van der Waals surface area contributed by atoms with Crippen molar-refractivity contribution in [3.05, 3.63) is 0 Å². The molecule has 6 heteroatoms. The predicted molar refractivity (Wildman–Crippen MR) is 69.7 cm³/mol. The third-order valence-electron chi connectivity index (χ3n) is 1.33. The van der Waals surface area contributed by atoms with Crippen molar-refractivity contribution in [2.45, 2.75) is 39.3 Å². The molecule has 0 aromatic rings. The van der Waals surface area contributed by atoms with Gasteiger partial charge in [0, 0.05) is 0 Å². The molecule has 0 aromatic heterocycles. The molecular formula is C8H25NO2Si3. The Bertz CT molecular complexity index is 158. The normalized spacial score (nSPS) is 14.1. The van der Waals surface area contributed by atoms with Gasteiger partial charge in [0.1, 0.15) is 0 Å². The Labute approximate surface area is 92.6 Å². The summed E-state index contributed by atoms with van der Waals surface area (Å²) in [4.78, 5) is 0. The molecule has 0 saturated carbocycles. The highest BCUT2D eigenvalue weighted by Gasteiger charge is 2.30. The van der Waals surface area contributed by atoms with Gasteiger partial charge < -0.3 is 8.23 Å². The summed E-state index contributed by atoms with van der Waals surface area (Å²) in [7, 11) is -0.426. The predicted octanol–water partition coefficient (Wildman–Crippen LogP) is 1.97. The van der Waals surface area contributed by atoms with Crippen LogP contribution in [0.3, 0.4) is 0 Å². The van der Waals surface area contributed by atoms with Crippen molar-refractivity contribution in [3.8, 4) is 0 Å². The van der Waals surface area contributed by atoms with Gasteiger partial charge in [-0.25, -0.2) is 0 Å². The highest BCUT2D eigenvalue weighted by molar-refractivity contribution is 6.80. The molecule has 14 heavy (non-hydrogen) atoms. The van der Waals surface area contributed by atoms with Crippen molar-refractivity contribution in [1.29, 1.82) is 0 Å². The smallest absolute Gasteiger partial charge is 0.389 e. The summed E-state index contributed by atoms with van der Waals surface area (Å²) < 4.78 is 14.3. The SMILES string of the molecule is CN(C)[SiH](O[Si](C)(C)C)O[Si](C)(C)C. The molecule has 0 radical (unpaired) electrons. The summed E-state index contributed by atoms with van der Waals surface area (Å²) in [6, 6.07) is 0. The first-order chi connectivity index (χ1) is 6.01. The highest BCUT2D eigenvalue weighted by atomic mass is 28.5. The van der Waals surface area contributed by atoms with Gasteiger partial charge in [0.15, 0.2) is 16.6 Å². The minimum Gasteiger partial charge on any atom is -0.427 e. The first kappa shape index (κ1) is 14.5. The Balaban J connectivity index is 4.32. The second-order valence-corrected chi connectivity index (χ2v) is 17.7. The lowest BCUT2D eigenvalue weighted by molar-refractivity contribution is 0.337. The maximum atomic E-state index is 6.09. The van der Waals surface area contributed by atoms with Crippen LogP contribution in [0, 0.1) is 0 Å². The van der Waals surface area contributed by atoms with Crippen LogP contribution < -0.4 is 0 Å². The Kier molecular flexibility index (Phi) is 5.23. The van der Waals surface area contributed by atoms with E-state index in [0.29, 0.717) is 0 Å². The fourth-order valence-electron chi connectivity index (χ4n) is 0.840. The van der Waals surface area contributed by atoms with Gasteiger partial charge in [-0.1, -0.05) is 0 Å². The summed E-state index contributed by atoms with van der Waals surface area (Å²) in [6.07, 6.45) is 0. The molecule has 0 saturated heterocycles. The van der Waals surface area contributed by atoms with E-state index in [1.807, 2.05) is 0 Å². The van der Waals surface area contributed by atoms with Gasteiger partial charge in [-0.05, 0) is 53.4 Å². The quantitative estimate of drug-likeness (QED) is 0.698. The number of hydrogen-bond acceptors (Lipinski definition) is 3. The number of nitrogens with zero attached hydrogens (tertiary/aromatic N) is 1. The van der Waals surface area contributed by atoms with Crippen LogP contribution in [0.4, 0.5) is 0 Å². The summed E-state index contributed by atoms with van der Waals surface area (Å²) in [5.41, 5.74) is 0. The molecule has 0 fully saturated rings. The molecule has 0 aliphatic carbocycles. The lowest BCUT2D eigenvalue weighted by Crippen LogP contribution is -2.51. The van der Waals surface area contributed by atoms with Crippen molar-refractivity contribution in [2.75, 3.05) is 14.1 Å². The molecule has 0 unspecified atom stereocenters. The standard InChI is InChI=1S/C8H25NO2Si3/c1-9(2)12(10-13(3,4)5)11-14(6,7)8/h12H,1-8H3. The van der Waals surface area contributed by atoms with Crippen molar-refractivity contribution in [3.63, 3.8) is 0 Å². The van der Waals surface area contributed by atoms with Gasteiger partial charge in [-0.2, -0.15) is 0 Å². The van der Waals surface area contributed by atoms with Crippen LogP contribution in [0.25, 0.3) is 0 Å². The molecular weight excluding hydrogens is 226 g/mol.